The standard InChI is InChI=1S/C18H14N4O5/c23-16-17(24)20-15-12-9-21(18(25)10-4-2-1-3-5-10)7-6-11(12)14(22(26)27)8-13(15)19-16/h1-5,8H,6-7,9H2,(H,19,23)(H,20,24). The molecular formula is C18H14N4O5. The smallest absolute Gasteiger partial charge is 0.314 e. The summed E-state index contributed by atoms with van der Waals surface area (Å²) in [7, 11) is 0. The second-order valence-corrected chi connectivity index (χ2v) is 6.28. The average Bonchev–Trinajstić information content (AvgIpc) is 2.68. The summed E-state index contributed by atoms with van der Waals surface area (Å²) in [5, 5.41) is 11.5. The lowest BCUT2D eigenvalue weighted by Crippen LogP contribution is -2.37. The minimum Gasteiger partial charge on any atom is -0.334 e. The molecule has 1 amide bonds. The Bertz CT molecular complexity index is 1200. The number of hydrogen-bond donors (Lipinski definition) is 2. The van der Waals surface area contributed by atoms with E-state index in [-0.39, 0.29) is 30.1 Å². The Morgan fingerprint density at radius 1 is 1.07 bits per heavy atom. The van der Waals surface area contributed by atoms with Crippen LogP contribution in [0.3, 0.4) is 0 Å². The molecule has 9 nitrogen and oxygen atoms in total. The van der Waals surface area contributed by atoms with E-state index in [1.165, 1.54) is 6.07 Å². The molecule has 0 saturated carbocycles. The van der Waals surface area contributed by atoms with Crippen molar-refractivity contribution in [3.63, 3.8) is 0 Å². The van der Waals surface area contributed by atoms with Crippen LogP contribution in [0.2, 0.25) is 0 Å². The van der Waals surface area contributed by atoms with Crippen molar-refractivity contribution in [1.29, 1.82) is 0 Å². The molecule has 0 saturated heterocycles. The second-order valence-electron chi connectivity index (χ2n) is 6.28. The number of nitro groups is 1. The van der Waals surface area contributed by atoms with E-state index in [4.69, 9.17) is 0 Å². The molecule has 4 rings (SSSR count). The minimum absolute atomic E-state index is 0.100. The van der Waals surface area contributed by atoms with Crippen molar-refractivity contribution in [1.82, 2.24) is 14.9 Å². The number of nitro benzene ring substituents is 1. The third-order valence-electron chi connectivity index (χ3n) is 4.70. The van der Waals surface area contributed by atoms with Crippen LogP contribution in [0.1, 0.15) is 21.5 Å². The van der Waals surface area contributed by atoms with Gasteiger partial charge in [0.25, 0.3) is 11.6 Å². The van der Waals surface area contributed by atoms with Gasteiger partial charge in [0.05, 0.1) is 16.0 Å². The zero-order valence-electron chi connectivity index (χ0n) is 14.0. The zero-order chi connectivity index (χ0) is 19.1. The van der Waals surface area contributed by atoms with Gasteiger partial charge in [-0.05, 0) is 18.6 Å². The SMILES string of the molecule is O=C(c1ccccc1)N1CCc2c([N+](=O)[O-])cc3[nH]c(=O)c(=O)[nH]c3c2C1. The number of H-pyrrole nitrogens is 2. The predicted octanol–water partition coefficient (Wildman–Crippen LogP) is 1.32. The molecule has 0 radical (unpaired) electrons. The molecule has 0 unspecified atom stereocenters. The van der Waals surface area contributed by atoms with Crippen molar-refractivity contribution in [2.75, 3.05) is 6.54 Å². The highest BCUT2D eigenvalue weighted by molar-refractivity contribution is 5.95. The fourth-order valence-corrected chi connectivity index (χ4v) is 3.42. The van der Waals surface area contributed by atoms with Crippen LogP contribution in [0.15, 0.2) is 46.0 Å². The third kappa shape index (κ3) is 2.78. The number of rotatable bonds is 2. The fraction of sp³-hybridized carbons (Fsp3) is 0.167. The van der Waals surface area contributed by atoms with Gasteiger partial charge >= 0.3 is 11.1 Å². The van der Waals surface area contributed by atoms with Gasteiger partial charge in [-0.25, -0.2) is 0 Å². The molecule has 2 N–H and O–H groups in total. The zero-order valence-corrected chi connectivity index (χ0v) is 14.0. The molecule has 2 heterocycles. The third-order valence-corrected chi connectivity index (χ3v) is 4.70. The van der Waals surface area contributed by atoms with Crippen LogP contribution in [0.4, 0.5) is 5.69 Å². The Hall–Kier alpha value is -3.75. The average molecular weight is 366 g/mol. The van der Waals surface area contributed by atoms with Gasteiger partial charge in [-0.15, -0.1) is 0 Å². The number of benzene rings is 2. The first-order valence-electron chi connectivity index (χ1n) is 8.25. The van der Waals surface area contributed by atoms with Gasteiger partial charge in [-0.2, -0.15) is 0 Å². The van der Waals surface area contributed by atoms with Crippen molar-refractivity contribution in [2.45, 2.75) is 13.0 Å². The van der Waals surface area contributed by atoms with E-state index in [9.17, 15) is 24.5 Å². The summed E-state index contributed by atoms with van der Waals surface area (Å²) in [6, 6.07) is 9.97. The van der Waals surface area contributed by atoms with E-state index >= 15 is 0 Å². The van der Waals surface area contributed by atoms with Crippen molar-refractivity contribution >= 4 is 22.6 Å². The summed E-state index contributed by atoms with van der Waals surface area (Å²) in [5.74, 6) is -0.201. The molecule has 1 aromatic heterocycles. The highest BCUT2D eigenvalue weighted by Crippen LogP contribution is 2.33. The van der Waals surface area contributed by atoms with E-state index in [1.807, 2.05) is 0 Å². The molecule has 0 spiro atoms. The molecule has 2 aromatic carbocycles. The van der Waals surface area contributed by atoms with Crippen LogP contribution in [0.25, 0.3) is 11.0 Å². The molecule has 0 bridgehead atoms. The van der Waals surface area contributed by atoms with Crippen LogP contribution in [0, 0.1) is 10.1 Å². The van der Waals surface area contributed by atoms with Gasteiger partial charge in [0.15, 0.2) is 0 Å². The van der Waals surface area contributed by atoms with E-state index in [0.717, 1.165) is 0 Å². The van der Waals surface area contributed by atoms with Crippen LogP contribution in [-0.2, 0) is 13.0 Å². The molecule has 0 atom stereocenters. The van der Waals surface area contributed by atoms with Gasteiger partial charge in [0, 0.05) is 35.8 Å². The predicted molar refractivity (Wildman–Crippen MR) is 96.7 cm³/mol. The van der Waals surface area contributed by atoms with Gasteiger partial charge in [-0.1, -0.05) is 18.2 Å². The van der Waals surface area contributed by atoms with Crippen LogP contribution >= 0.6 is 0 Å². The first-order valence-corrected chi connectivity index (χ1v) is 8.25. The van der Waals surface area contributed by atoms with Gasteiger partial charge < -0.3 is 14.9 Å². The minimum atomic E-state index is -0.884. The molecule has 136 valence electrons. The summed E-state index contributed by atoms with van der Waals surface area (Å²) in [4.78, 5) is 53.5. The summed E-state index contributed by atoms with van der Waals surface area (Å²) in [5.41, 5.74) is 0.0691. The van der Waals surface area contributed by atoms with Gasteiger partial charge in [0.2, 0.25) is 0 Å². The van der Waals surface area contributed by atoms with E-state index in [0.29, 0.717) is 28.8 Å². The Labute approximate surface area is 151 Å². The highest BCUT2D eigenvalue weighted by Gasteiger charge is 2.29. The second kappa shape index (κ2) is 6.20. The van der Waals surface area contributed by atoms with Gasteiger partial charge in [-0.3, -0.25) is 24.5 Å². The van der Waals surface area contributed by atoms with Gasteiger partial charge in [0.1, 0.15) is 0 Å². The maximum absolute atomic E-state index is 12.7. The summed E-state index contributed by atoms with van der Waals surface area (Å²) >= 11 is 0. The maximum atomic E-state index is 12.7. The maximum Gasteiger partial charge on any atom is 0.314 e. The number of nitrogens with zero attached hydrogens (tertiary/aromatic N) is 2. The molecule has 9 heteroatoms. The highest BCUT2D eigenvalue weighted by atomic mass is 16.6. The number of amides is 1. The van der Waals surface area contributed by atoms with Crippen LogP contribution in [0.5, 0.6) is 0 Å². The lowest BCUT2D eigenvalue weighted by atomic mass is 9.95. The number of nitrogens with one attached hydrogen (secondary N) is 2. The molecule has 27 heavy (non-hydrogen) atoms. The number of aromatic amines is 2. The van der Waals surface area contributed by atoms with Crippen molar-refractivity contribution in [3.8, 4) is 0 Å². The monoisotopic (exact) mass is 366 g/mol. The molecule has 0 aliphatic carbocycles. The van der Waals surface area contributed by atoms with Crippen molar-refractivity contribution in [2.24, 2.45) is 0 Å². The fourth-order valence-electron chi connectivity index (χ4n) is 3.42. The van der Waals surface area contributed by atoms with E-state index < -0.39 is 16.0 Å². The first-order chi connectivity index (χ1) is 13.0. The summed E-state index contributed by atoms with van der Waals surface area (Å²) < 4.78 is 0. The van der Waals surface area contributed by atoms with E-state index in [2.05, 4.69) is 9.97 Å². The molecular weight excluding hydrogens is 352 g/mol. The normalized spacial score (nSPS) is 13.4. The lowest BCUT2D eigenvalue weighted by Gasteiger charge is -2.29. The Morgan fingerprint density at radius 2 is 1.78 bits per heavy atom. The van der Waals surface area contributed by atoms with Crippen molar-refractivity contribution in [3.05, 3.63) is 83.9 Å². The molecule has 1 aliphatic heterocycles. The number of carbonyl (C=O) groups excluding carboxylic acids is 1. The molecule has 1 aliphatic rings. The van der Waals surface area contributed by atoms with Crippen LogP contribution in [-0.4, -0.2) is 32.2 Å². The lowest BCUT2D eigenvalue weighted by molar-refractivity contribution is -0.385. The number of hydrogen-bond acceptors (Lipinski definition) is 5. The molecule has 0 fully saturated rings. The number of carbonyl (C=O) groups is 1. The summed E-state index contributed by atoms with van der Waals surface area (Å²) in [6.45, 7) is 0.421. The topological polar surface area (TPSA) is 129 Å². The Balaban J connectivity index is 1.87. The molecule has 3 aromatic rings. The largest absolute Gasteiger partial charge is 0.334 e. The van der Waals surface area contributed by atoms with Crippen molar-refractivity contribution < 1.29 is 9.72 Å². The quantitative estimate of drug-likeness (QED) is 0.401. The first kappa shape index (κ1) is 16.7. The van der Waals surface area contributed by atoms with E-state index in [1.54, 1.807) is 35.2 Å². The Kier molecular flexibility index (Phi) is 3.84. The summed E-state index contributed by atoms with van der Waals surface area (Å²) in [6.07, 6.45) is 0.279. The number of fused-ring (bicyclic) bond motifs is 3. The Morgan fingerprint density at radius 3 is 2.48 bits per heavy atom. The number of aromatic nitrogens is 2. The van der Waals surface area contributed by atoms with Crippen LogP contribution < -0.4 is 11.1 Å².